The zero-order valence-electron chi connectivity index (χ0n) is 14.4. The van der Waals surface area contributed by atoms with E-state index in [0.717, 1.165) is 0 Å². The van der Waals surface area contributed by atoms with Crippen molar-refractivity contribution in [2.24, 2.45) is 11.0 Å². The lowest BCUT2D eigenvalue weighted by molar-refractivity contribution is -0.114. The fraction of sp³-hybridized carbons (Fsp3) is 0.158. The van der Waals surface area contributed by atoms with Crippen molar-refractivity contribution < 1.29 is 15.0 Å². The van der Waals surface area contributed by atoms with Gasteiger partial charge in [-0.05, 0) is 47.9 Å². The zero-order valence-corrected chi connectivity index (χ0v) is 17.5. The van der Waals surface area contributed by atoms with Gasteiger partial charge in [-0.2, -0.15) is 10.1 Å². The Balaban J connectivity index is 2.10. The third-order valence-corrected chi connectivity index (χ3v) is 5.06. The monoisotopic (exact) mass is 468 g/mol. The summed E-state index contributed by atoms with van der Waals surface area (Å²) in [5, 5.41) is 25.9. The molecule has 2 N–H and O–H groups in total. The van der Waals surface area contributed by atoms with Crippen LogP contribution >= 0.6 is 39.1 Å². The predicted molar refractivity (Wildman–Crippen MR) is 112 cm³/mol. The fourth-order valence-electron chi connectivity index (χ4n) is 2.66. The van der Waals surface area contributed by atoms with Gasteiger partial charge in [0.1, 0.15) is 0 Å². The van der Waals surface area contributed by atoms with E-state index in [1.165, 1.54) is 17.1 Å². The number of phenols is 2. The first-order valence-corrected chi connectivity index (χ1v) is 9.55. The third kappa shape index (κ3) is 3.98. The third-order valence-electron chi connectivity index (χ3n) is 3.94. The quantitative estimate of drug-likeness (QED) is 0.453. The Labute approximate surface area is 174 Å². The van der Waals surface area contributed by atoms with Crippen LogP contribution in [0.3, 0.4) is 0 Å². The lowest BCUT2D eigenvalue weighted by Gasteiger charge is -2.12. The Morgan fingerprint density at radius 1 is 1.07 bits per heavy atom. The van der Waals surface area contributed by atoms with Gasteiger partial charge in [0.15, 0.2) is 11.5 Å². The van der Waals surface area contributed by atoms with Gasteiger partial charge < -0.3 is 10.2 Å². The number of phenolic OH excluding ortho intramolecular Hbond substituents is 2. The van der Waals surface area contributed by atoms with Crippen LogP contribution in [0.4, 0.5) is 5.69 Å². The van der Waals surface area contributed by atoms with Gasteiger partial charge >= 0.3 is 0 Å². The summed E-state index contributed by atoms with van der Waals surface area (Å²) in [7, 11) is 0. The first-order chi connectivity index (χ1) is 12.7. The summed E-state index contributed by atoms with van der Waals surface area (Å²) in [5.41, 5.74) is 1.97. The van der Waals surface area contributed by atoms with Crippen LogP contribution in [-0.2, 0) is 4.79 Å². The Hall–Kier alpha value is -2.02. The first-order valence-electron chi connectivity index (χ1n) is 8.00. The van der Waals surface area contributed by atoms with Gasteiger partial charge in [-0.3, -0.25) is 4.79 Å². The molecule has 0 unspecified atom stereocenters. The van der Waals surface area contributed by atoms with Crippen molar-refractivity contribution in [1.82, 2.24) is 0 Å². The highest BCUT2D eigenvalue weighted by Gasteiger charge is 2.33. The summed E-state index contributed by atoms with van der Waals surface area (Å²) in [4.78, 5) is 13.0. The van der Waals surface area contributed by atoms with E-state index in [1.807, 2.05) is 13.8 Å². The topological polar surface area (TPSA) is 73.1 Å². The molecule has 3 rings (SSSR count). The van der Waals surface area contributed by atoms with Crippen molar-refractivity contribution in [3.63, 3.8) is 0 Å². The van der Waals surface area contributed by atoms with Gasteiger partial charge in [-0.15, -0.1) is 0 Å². The van der Waals surface area contributed by atoms with E-state index in [1.54, 1.807) is 24.3 Å². The van der Waals surface area contributed by atoms with Gasteiger partial charge in [0.25, 0.3) is 5.91 Å². The summed E-state index contributed by atoms with van der Waals surface area (Å²) < 4.78 is 0.533. The Bertz CT molecular complexity index is 982. The van der Waals surface area contributed by atoms with Crippen LogP contribution in [0.5, 0.6) is 11.5 Å². The molecule has 0 saturated carbocycles. The summed E-state index contributed by atoms with van der Waals surface area (Å²) >= 11 is 15.4. The van der Waals surface area contributed by atoms with Crippen LogP contribution in [0.15, 0.2) is 45.5 Å². The molecule has 0 fully saturated rings. The maximum atomic E-state index is 13.0. The molecule has 0 radical (unpaired) electrons. The molecule has 0 saturated heterocycles. The normalized spacial score (nSPS) is 15.8. The smallest absolute Gasteiger partial charge is 0.280 e. The number of hydrazone groups is 1. The van der Waals surface area contributed by atoms with E-state index in [9.17, 15) is 15.0 Å². The van der Waals surface area contributed by atoms with Crippen LogP contribution in [0.2, 0.25) is 10.0 Å². The van der Waals surface area contributed by atoms with Gasteiger partial charge in [0, 0.05) is 14.5 Å². The van der Waals surface area contributed by atoms with Gasteiger partial charge in [0.05, 0.1) is 17.0 Å². The lowest BCUT2D eigenvalue weighted by atomic mass is 9.98. The molecule has 8 heteroatoms. The molecule has 140 valence electrons. The van der Waals surface area contributed by atoms with Crippen molar-refractivity contribution in [3.05, 3.63) is 56.0 Å². The van der Waals surface area contributed by atoms with E-state index in [-0.39, 0.29) is 23.3 Å². The molecule has 1 heterocycles. The standard InChI is InChI=1S/C19H15BrCl2N2O3/c1-9(2)18-14(3-10-4-16(25)17(26)8-15(10)20)19(27)24(23-18)13-6-11(21)5-12(22)7-13/h3-9,25-26H,1-2H3. The number of carbonyl (C=O) groups excluding carboxylic acids is 1. The molecule has 1 aliphatic rings. The van der Waals surface area contributed by atoms with E-state index < -0.39 is 0 Å². The van der Waals surface area contributed by atoms with Crippen LogP contribution in [0.25, 0.3) is 6.08 Å². The zero-order chi connectivity index (χ0) is 19.9. The number of hydrogen-bond donors (Lipinski definition) is 2. The molecule has 2 aromatic carbocycles. The largest absolute Gasteiger partial charge is 0.504 e. The Morgan fingerprint density at radius 2 is 1.67 bits per heavy atom. The van der Waals surface area contributed by atoms with Crippen molar-refractivity contribution in [2.45, 2.75) is 13.8 Å². The first kappa shape index (κ1) is 19.7. The number of aromatic hydroxyl groups is 2. The molecule has 1 amide bonds. The van der Waals surface area contributed by atoms with Gasteiger partial charge in [0.2, 0.25) is 0 Å². The van der Waals surface area contributed by atoms with Crippen LogP contribution < -0.4 is 5.01 Å². The van der Waals surface area contributed by atoms with Crippen LogP contribution in [0.1, 0.15) is 19.4 Å². The summed E-state index contributed by atoms with van der Waals surface area (Å²) in [6, 6.07) is 7.53. The Morgan fingerprint density at radius 3 is 2.26 bits per heavy atom. The minimum absolute atomic E-state index is 0.0238. The van der Waals surface area contributed by atoms with Crippen molar-refractivity contribution in [1.29, 1.82) is 0 Å². The number of hydrogen-bond acceptors (Lipinski definition) is 4. The highest BCUT2D eigenvalue weighted by atomic mass is 79.9. The average Bonchev–Trinajstić information content (AvgIpc) is 2.89. The van der Waals surface area contributed by atoms with E-state index in [2.05, 4.69) is 21.0 Å². The lowest BCUT2D eigenvalue weighted by Crippen LogP contribution is -2.21. The minimum Gasteiger partial charge on any atom is -0.504 e. The second kappa shape index (κ2) is 7.54. The second-order valence-corrected chi connectivity index (χ2v) is 8.03. The number of anilines is 1. The number of nitrogens with zero attached hydrogens (tertiary/aromatic N) is 2. The fourth-order valence-corrected chi connectivity index (χ4v) is 3.62. The number of amides is 1. The molecule has 1 aliphatic heterocycles. The molecule has 0 atom stereocenters. The molecule has 0 aromatic heterocycles. The van der Waals surface area contributed by atoms with Crippen molar-refractivity contribution >= 4 is 62.5 Å². The molecular weight excluding hydrogens is 455 g/mol. The number of benzene rings is 2. The number of halogens is 3. The highest BCUT2D eigenvalue weighted by molar-refractivity contribution is 9.10. The number of carbonyl (C=O) groups is 1. The molecule has 2 aromatic rings. The van der Waals surface area contributed by atoms with E-state index in [4.69, 9.17) is 23.2 Å². The molecule has 0 aliphatic carbocycles. The number of rotatable bonds is 3. The average molecular weight is 470 g/mol. The van der Waals surface area contributed by atoms with Crippen LogP contribution in [-0.4, -0.2) is 21.8 Å². The van der Waals surface area contributed by atoms with Crippen molar-refractivity contribution in [2.75, 3.05) is 5.01 Å². The molecule has 0 spiro atoms. The molecular formula is C19H15BrCl2N2O3. The highest BCUT2D eigenvalue weighted by Crippen LogP contribution is 2.35. The molecule has 0 bridgehead atoms. The minimum atomic E-state index is -0.337. The predicted octanol–water partition coefficient (Wildman–Crippen LogP) is 5.61. The van der Waals surface area contributed by atoms with E-state index >= 15 is 0 Å². The van der Waals surface area contributed by atoms with E-state index in [0.29, 0.717) is 37.1 Å². The van der Waals surface area contributed by atoms with Gasteiger partial charge in [-0.25, -0.2) is 0 Å². The Kier molecular flexibility index (Phi) is 5.51. The van der Waals surface area contributed by atoms with Gasteiger partial charge in [-0.1, -0.05) is 53.0 Å². The van der Waals surface area contributed by atoms with Crippen LogP contribution in [0, 0.1) is 5.92 Å². The maximum Gasteiger partial charge on any atom is 0.280 e. The summed E-state index contributed by atoms with van der Waals surface area (Å²) in [5.74, 6) is -0.896. The summed E-state index contributed by atoms with van der Waals surface area (Å²) in [6.45, 7) is 3.86. The molecule has 5 nitrogen and oxygen atoms in total. The second-order valence-electron chi connectivity index (χ2n) is 6.30. The molecule has 27 heavy (non-hydrogen) atoms. The SMILES string of the molecule is CC(C)C1=NN(c2cc(Cl)cc(Cl)c2)C(=O)C1=Cc1cc(O)c(O)cc1Br. The van der Waals surface area contributed by atoms with Crippen molar-refractivity contribution in [3.8, 4) is 11.5 Å². The summed E-state index contributed by atoms with van der Waals surface area (Å²) in [6.07, 6.45) is 1.62. The maximum absolute atomic E-state index is 13.0.